The van der Waals surface area contributed by atoms with E-state index in [4.69, 9.17) is 5.73 Å². The van der Waals surface area contributed by atoms with Gasteiger partial charge in [-0.15, -0.1) is 0 Å². The number of nitrogen functional groups attached to an aromatic ring is 1. The maximum atomic E-state index is 11.7. The molecule has 9 heteroatoms. The van der Waals surface area contributed by atoms with E-state index < -0.39 is 30.0 Å². The number of benzene rings is 2. The fourth-order valence-electron chi connectivity index (χ4n) is 2.92. The van der Waals surface area contributed by atoms with Crippen LogP contribution in [0.3, 0.4) is 0 Å². The summed E-state index contributed by atoms with van der Waals surface area (Å²) in [6, 6.07) is 5.33. The van der Waals surface area contributed by atoms with Crippen LogP contribution in [0.15, 0.2) is 34.1 Å². The van der Waals surface area contributed by atoms with Gasteiger partial charge in [-0.2, -0.15) is 16.8 Å². The van der Waals surface area contributed by atoms with Crippen LogP contribution >= 0.6 is 0 Å². The quantitative estimate of drug-likeness (QED) is 0.566. The van der Waals surface area contributed by atoms with Crippen LogP contribution in [-0.2, 0) is 20.2 Å². The third kappa shape index (κ3) is 2.80. The first-order valence-electron chi connectivity index (χ1n) is 6.90. The maximum absolute atomic E-state index is 11.7. The van der Waals surface area contributed by atoms with Crippen molar-refractivity contribution < 1.29 is 25.9 Å². The summed E-state index contributed by atoms with van der Waals surface area (Å²) in [5.74, 6) is 0.0806. The molecule has 0 spiro atoms. The van der Waals surface area contributed by atoms with Crippen LogP contribution in [0.5, 0.6) is 0 Å². The third-order valence-electron chi connectivity index (χ3n) is 4.22. The molecule has 7 nitrogen and oxygen atoms in total. The topological polar surface area (TPSA) is 135 Å². The van der Waals surface area contributed by atoms with E-state index in [1.165, 1.54) is 12.1 Å². The number of nitrogens with two attached hydrogens (primary N) is 1. The largest absolute Gasteiger partial charge is 0.398 e. The number of hydrogen-bond donors (Lipinski definition) is 3. The smallest absolute Gasteiger partial charge is 0.297 e. The second-order valence-electron chi connectivity index (χ2n) is 5.67. The third-order valence-corrected chi connectivity index (χ3v) is 6.03. The van der Waals surface area contributed by atoms with Gasteiger partial charge in [-0.05, 0) is 47.9 Å². The number of anilines is 1. The zero-order valence-corrected chi connectivity index (χ0v) is 13.6. The highest BCUT2D eigenvalue weighted by molar-refractivity contribution is 7.86. The van der Waals surface area contributed by atoms with Gasteiger partial charge in [0.15, 0.2) is 0 Å². The number of rotatable bonds is 3. The summed E-state index contributed by atoms with van der Waals surface area (Å²) in [5, 5.41) is 0.494. The zero-order valence-electron chi connectivity index (χ0n) is 11.9. The predicted octanol–water partition coefficient (Wildman–Crippen LogP) is 2.18. The molecular weight excluding hydrogens is 342 g/mol. The van der Waals surface area contributed by atoms with Crippen LogP contribution in [0.4, 0.5) is 5.69 Å². The van der Waals surface area contributed by atoms with Crippen molar-refractivity contribution in [2.45, 2.75) is 35.0 Å². The molecule has 1 aliphatic rings. The highest BCUT2D eigenvalue weighted by Crippen LogP contribution is 2.42. The van der Waals surface area contributed by atoms with Crippen molar-refractivity contribution in [1.82, 2.24) is 0 Å². The maximum Gasteiger partial charge on any atom is 0.297 e. The Morgan fingerprint density at radius 1 is 0.957 bits per heavy atom. The molecule has 3 rings (SSSR count). The van der Waals surface area contributed by atoms with Gasteiger partial charge in [-0.25, -0.2) is 0 Å². The van der Waals surface area contributed by atoms with Crippen LogP contribution < -0.4 is 5.73 Å². The number of hydrogen-bond acceptors (Lipinski definition) is 5. The van der Waals surface area contributed by atoms with E-state index in [0.717, 1.165) is 25.3 Å². The van der Waals surface area contributed by atoms with Crippen molar-refractivity contribution in [3.63, 3.8) is 0 Å². The molecule has 0 radical (unpaired) electrons. The van der Waals surface area contributed by atoms with E-state index >= 15 is 0 Å². The summed E-state index contributed by atoms with van der Waals surface area (Å²) in [4.78, 5) is -0.955. The first-order valence-corrected chi connectivity index (χ1v) is 9.78. The van der Waals surface area contributed by atoms with Gasteiger partial charge in [0.1, 0.15) is 4.90 Å². The first kappa shape index (κ1) is 16.2. The van der Waals surface area contributed by atoms with Crippen LogP contribution in [-0.4, -0.2) is 25.9 Å². The molecule has 4 N–H and O–H groups in total. The average molecular weight is 357 g/mol. The molecule has 0 unspecified atom stereocenters. The molecule has 0 heterocycles. The molecule has 124 valence electrons. The minimum atomic E-state index is -4.65. The van der Waals surface area contributed by atoms with Gasteiger partial charge in [-0.1, -0.05) is 12.5 Å². The molecule has 0 amide bonds. The van der Waals surface area contributed by atoms with E-state index in [-0.39, 0.29) is 17.0 Å². The lowest BCUT2D eigenvalue weighted by molar-refractivity contribution is 0.421. The highest BCUT2D eigenvalue weighted by Gasteiger charge is 2.27. The first-order chi connectivity index (χ1) is 10.6. The van der Waals surface area contributed by atoms with Gasteiger partial charge in [0.25, 0.3) is 20.2 Å². The van der Waals surface area contributed by atoms with Crippen molar-refractivity contribution >= 4 is 36.7 Å². The predicted molar refractivity (Wildman–Crippen MR) is 84.6 cm³/mol. The van der Waals surface area contributed by atoms with Gasteiger partial charge in [-0.3, -0.25) is 9.11 Å². The van der Waals surface area contributed by atoms with Crippen molar-refractivity contribution in [2.75, 3.05) is 5.73 Å². The van der Waals surface area contributed by atoms with E-state index in [9.17, 15) is 25.9 Å². The lowest BCUT2D eigenvalue weighted by atomic mass is 9.78. The molecule has 23 heavy (non-hydrogen) atoms. The minimum Gasteiger partial charge on any atom is -0.398 e. The summed E-state index contributed by atoms with van der Waals surface area (Å²) in [6.45, 7) is 0. The van der Waals surface area contributed by atoms with Crippen molar-refractivity contribution in [3.8, 4) is 0 Å². The standard InChI is InChI=1S/C14H15NO6S2/c15-13-5-4-10-11(8-2-1-3-8)6-9(22(16,17)18)7-12(10)14(13)23(19,20)21/h4-8H,1-3,15H2,(H,16,17,18)(H,19,20,21). The van der Waals surface area contributed by atoms with Crippen LogP contribution in [0.25, 0.3) is 10.8 Å². The van der Waals surface area contributed by atoms with E-state index in [1.807, 2.05) is 0 Å². The van der Waals surface area contributed by atoms with E-state index in [2.05, 4.69) is 0 Å². The number of fused-ring (bicyclic) bond motifs is 1. The summed E-state index contributed by atoms with van der Waals surface area (Å²) in [6.07, 6.45) is 2.67. The highest BCUT2D eigenvalue weighted by atomic mass is 32.2. The average Bonchev–Trinajstić information content (AvgIpc) is 2.33. The van der Waals surface area contributed by atoms with Gasteiger partial charge in [0.05, 0.1) is 10.6 Å². The van der Waals surface area contributed by atoms with Crippen molar-refractivity contribution in [2.24, 2.45) is 0 Å². The molecule has 0 aliphatic heterocycles. The molecule has 0 atom stereocenters. The van der Waals surface area contributed by atoms with E-state index in [1.54, 1.807) is 6.07 Å². The molecule has 1 aliphatic carbocycles. The lowest BCUT2D eigenvalue weighted by Crippen LogP contribution is -2.12. The Morgan fingerprint density at radius 3 is 2.09 bits per heavy atom. The van der Waals surface area contributed by atoms with Gasteiger partial charge >= 0.3 is 0 Å². The molecular formula is C14H15NO6S2. The Bertz CT molecular complexity index is 1010. The fraction of sp³-hybridized carbons (Fsp3) is 0.286. The van der Waals surface area contributed by atoms with Crippen LogP contribution in [0, 0.1) is 0 Å². The SMILES string of the molecule is Nc1ccc2c(C3CCC3)cc(S(=O)(=O)O)cc2c1S(=O)(=O)O. The van der Waals surface area contributed by atoms with Gasteiger partial charge in [0, 0.05) is 5.39 Å². The Hall–Kier alpha value is -1.68. The molecule has 2 aromatic carbocycles. The second kappa shape index (κ2) is 5.17. The summed E-state index contributed by atoms with van der Waals surface area (Å²) >= 11 is 0. The Morgan fingerprint density at radius 2 is 1.61 bits per heavy atom. The molecule has 0 bridgehead atoms. The normalized spacial score (nSPS) is 16.4. The van der Waals surface area contributed by atoms with Crippen molar-refractivity contribution in [3.05, 3.63) is 29.8 Å². The minimum absolute atomic E-state index is 0.00970. The fourth-order valence-corrected chi connectivity index (χ4v) is 4.28. The van der Waals surface area contributed by atoms with Crippen LogP contribution in [0.1, 0.15) is 30.7 Å². The molecule has 0 saturated heterocycles. The summed E-state index contributed by atoms with van der Waals surface area (Å²) < 4.78 is 65.1. The summed E-state index contributed by atoms with van der Waals surface area (Å²) in [5.41, 5.74) is 6.10. The zero-order chi connectivity index (χ0) is 17.0. The molecule has 0 aromatic heterocycles. The van der Waals surface area contributed by atoms with Gasteiger partial charge in [0.2, 0.25) is 0 Å². The Labute approximate surface area is 133 Å². The Kier molecular flexibility index (Phi) is 3.64. The monoisotopic (exact) mass is 357 g/mol. The van der Waals surface area contributed by atoms with E-state index in [0.29, 0.717) is 10.9 Å². The van der Waals surface area contributed by atoms with Gasteiger partial charge < -0.3 is 5.73 Å². The molecule has 2 aromatic rings. The summed E-state index contributed by atoms with van der Waals surface area (Å²) in [7, 11) is -9.18. The second-order valence-corrected chi connectivity index (χ2v) is 8.45. The molecule has 1 fully saturated rings. The Balaban J connectivity index is 2.48. The molecule has 1 saturated carbocycles. The van der Waals surface area contributed by atoms with Crippen molar-refractivity contribution in [1.29, 1.82) is 0 Å². The lowest BCUT2D eigenvalue weighted by Gasteiger charge is -2.28. The van der Waals surface area contributed by atoms with Crippen LogP contribution in [0.2, 0.25) is 0 Å².